The van der Waals surface area contributed by atoms with Crippen molar-refractivity contribution in [1.82, 2.24) is 10.6 Å². The molecule has 1 saturated heterocycles. The van der Waals surface area contributed by atoms with Crippen LogP contribution in [0.25, 0.3) is 0 Å². The molecule has 1 aliphatic heterocycles. The lowest BCUT2D eigenvalue weighted by atomic mass is 9.86. The fourth-order valence-electron chi connectivity index (χ4n) is 1.77. The van der Waals surface area contributed by atoms with Crippen molar-refractivity contribution in [2.75, 3.05) is 19.6 Å². The molecule has 96 valence electrons. The molecular formula is C12H25ClN2O. The molecule has 3 nitrogen and oxygen atoms in total. The van der Waals surface area contributed by atoms with Crippen molar-refractivity contribution in [2.45, 2.75) is 40.0 Å². The lowest BCUT2D eigenvalue weighted by Crippen LogP contribution is -2.33. The highest BCUT2D eigenvalue weighted by Gasteiger charge is 2.21. The monoisotopic (exact) mass is 248 g/mol. The van der Waals surface area contributed by atoms with E-state index in [1.54, 1.807) is 0 Å². The summed E-state index contributed by atoms with van der Waals surface area (Å²) in [6.07, 6.45) is 2.88. The third kappa shape index (κ3) is 5.71. The number of amides is 1. The Hall–Kier alpha value is -0.280. The Bertz CT molecular complexity index is 213. The smallest absolute Gasteiger partial charge is 0.220 e. The molecule has 1 unspecified atom stereocenters. The topological polar surface area (TPSA) is 41.1 Å². The van der Waals surface area contributed by atoms with Crippen LogP contribution in [0, 0.1) is 11.3 Å². The first-order valence-electron chi connectivity index (χ1n) is 6.01. The average Bonchev–Trinajstić information content (AvgIpc) is 2.66. The van der Waals surface area contributed by atoms with Gasteiger partial charge in [0.2, 0.25) is 5.91 Å². The highest BCUT2D eigenvalue weighted by atomic mass is 35.5. The van der Waals surface area contributed by atoms with Crippen LogP contribution in [-0.4, -0.2) is 25.5 Å². The van der Waals surface area contributed by atoms with Gasteiger partial charge >= 0.3 is 0 Å². The predicted molar refractivity (Wildman–Crippen MR) is 69.9 cm³/mol. The lowest BCUT2D eigenvalue weighted by Gasteiger charge is -2.22. The Labute approximate surface area is 105 Å². The van der Waals surface area contributed by atoms with Crippen LogP contribution in [-0.2, 0) is 4.79 Å². The number of hydrogen-bond acceptors (Lipinski definition) is 2. The minimum absolute atomic E-state index is 0. The molecule has 0 radical (unpaired) electrons. The molecule has 4 heteroatoms. The molecule has 0 aromatic heterocycles. The maximum absolute atomic E-state index is 11.6. The van der Waals surface area contributed by atoms with Crippen molar-refractivity contribution in [1.29, 1.82) is 0 Å². The molecule has 1 fully saturated rings. The van der Waals surface area contributed by atoms with E-state index in [1.807, 2.05) is 0 Å². The molecule has 0 aromatic carbocycles. The van der Waals surface area contributed by atoms with Crippen LogP contribution in [0.15, 0.2) is 0 Å². The third-order valence-electron chi connectivity index (χ3n) is 3.35. The van der Waals surface area contributed by atoms with Crippen molar-refractivity contribution >= 4 is 18.3 Å². The second-order valence-corrected chi connectivity index (χ2v) is 5.36. The molecular weight excluding hydrogens is 224 g/mol. The quantitative estimate of drug-likeness (QED) is 0.781. The van der Waals surface area contributed by atoms with Gasteiger partial charge in [0, 0.05) is 13.0 Å². The van der Waals surface area contributed by atoms with E-state index < -0.39 is 0 Å². The first-order valence-corrected chi connectivity index (χ1v) is 6.01. The molecule has 2 N–H and O–H groups in total. The number of carbonyl (C=O) groups is 1. The first-order chi connectivity index (χ1) is 7.03. The molecule has 0 bridgehead atoms. The number of carbonyl (C=O) groups excluding carboxylic acids is 1. The fourth-order valence-corrected chi connectivity index (χ4v) is 1.77. The van der Waals surface area contributed by atoms with Crippen LogP contribution in [0.5, 0.6) is 0 Å². The molecule has 1 amide bonds. The standard InChI is InChI=1S/C12H24N2O.ClH/c1-4-12(2,3)7-11(15)14-9-10-5-6-13-8-10;/h10,13H,4-9H2,1-3H3,(H,14,15);1H. The highest BCUT2D eigenvalue weighted by molar-refractivity contribution is 5.85. The van der Waals surface area contributed by atoms with E-state index in [1.165, 1.54) is 6.42 Å². The molecule has 1 atom stereocenters. The largest absolute Gasteiger partial charge is 0.356 e. The molecule has 1 rings (SSSR count). The fraction of sp³-hybridized carbons (Fsp3) is 0.917. The van der Waals surface area contributed by atoms with E-state index in [2.05, 4.69) is 31.4 Å². The van der Waals surface area contributed by atoms with Crippen molar-refractivity contribution in [3.63, 3.8) is 0 Å². The van der Waals surface area contributed by atoms with Gasteiger partial charge in [-0.25, -0.2) is 0 Å². The van der Waals surface area contributed by atoms with E-state index >= 15 is 0 Å². The van der Waals surface area contributed by atoms with Crippen molar-refractivity contribution in [3.8, 4) is 0 Å². The summed E-state index contributed by atoms with van der Waals surface area (Å²) in [7, 11) is 0. The number of hydrogen-bond donors (Lipinski definition) is 2. The SMILES string of the molecule is CCC(C)(C)CC(=O)NCC1CCNC1.Cl. The third-order valence-corrected chi connectivity index (χ3v) is 3.35. The Morgan fingerprint density at radius 2 is 2.19 bits per heavy atom. The molecule has 1 heterocycles. The van der Waals surface area contributed by atoms with Gasteiger partial charge in [-0.15, -0.1) is 12.4 Å². The zero-order valence-corrected chi connectivity index (χ0v) is 11.5. The summed E-state index contributed by atoms with van der Waals surface area (Å²) in [5, 5.41) is 6.34. The van der Waals surface area contributed by atoms with Gasteiger partial charge in [-0.2, -0.15) is 0 Å². The van der Waals surface area contributed by atoms with E-state index in [4.69, 9.17) is 0 Å². The highest BCUT2D eigenvalue weighted by Crippen LogP contribution is 2.23. The molecule has 1 aliphatic rings. The second-order valence-electron chi connectivity index (χ2n) is 5.36. The van der Waals surface area contributed by atoms with E-state index in [9.17, 15) is 4.79 Å². The van der Waals surface area contributed by atoms with Gasteiger partial charge in [0.1, 0.15) is 0 Å². The van der Waals surface area contributed by atoms with E-state index in [-0.39, 0.29) is 23.7 Å². The van der Waals surface area contributed by atoms with Gasteiger partial charge in [0.05, 0.1) is 0 Å². The Morgan fingerprint density at radius 3 is 2.69 bits per heavy atom. The zero-order chi connectivity index (χ0) is 11.3. The summed E-state index contributed by atoms with van der Waals surface area (Å²) < 4.78 is 0. The Morgan fingerprint density at radius 1 is 1.50 bits per heavy atom. The van der Waals surface area contributed by atoms with Crippen LogP contribution in [0.1, 0.15) is 40.0 Å². The number of nitrogens with one attached hydrogen (secondary N) is 2. The minimum Gasteiger partial charge on any atom is -0.356 e. The summed E-state index contributed by atoms with van der Waals surface area (Å²) >= 11 is 0. The maximum Gasteiger partial charge on any atom is 0.220 e. The first kappa shape index (κ1) is 15.7. The predicted octanol–water partition coefficient (Wildman–Crippen LogP) is 1.96. The van der Waals surface area contributed by atoms with Crippen LogP contribution >= 0.6 is 12.4 Å². The summed E-state index contributed by atoms with van der Waals surface area (Å²) in [5.74, 6) is 0.840. The molecule has 0 aliphatic carbocycles. The van der Waals surface area contributed by atoms with Crippen LogP contribution in [0.4, 0.5) is 0 Å². The summed E-state index contributed by atoms with van der Waals surface area (Å²) in [4.78, 5) is 11.6. The zero-order valence-electron chi connectivity index (χ0n) is 10.6. The summed E-state index contributed by atoms with van der Waals surface area (Å²) in [5.41, 5.74) is 0.137. The number of rotatable bonds is 5. The van der Waals surface area contributed by atoms with Crippen LogP contribution < -0.4 is 10.6 Å². The van der Waals surface area contributed by atoms with Crippen LogP contribution in [0.2, 0.25) is 0 Å². The Kier molecular flexibility index (Phi) is 7.00. The molecule has 0 spiro atoms. The van der Waals surface area contributed by atoms with Gasteiger partial charge in [0.25, 0.3) is 0 Å². The number of halogens is 1. The van der Waals surface area contributed by atoms with Gasteiger partial charge in [-0.3, -0.25) is 4.79 Å². The van der Waals surface area contributed by atoms with E-state index in [0.29, 0.717) is 12.3 Å². The van der Waals surface area contributed by atoms with Crippen LogP contribution in [0.3, 0.4) is 0 Å². The van der Waals surface area contributed by atoms with Crippen molar-refractivity contribution in [2.24, 2.45) is 11.3 Å². The van der Waals surface area contributed by atoms with Gasteiger partial charge < -0.3 is 10.6 Å². The minimum atomic E-state index is 0. The normalized spacial score (nSPS) is 20.3. The van der Waals surface area contributed by atoms with Crippen molar-refractivity contribution < 1.29 is 4.79 Å². The molecule has 16 heavy (non-hydrogen) atoms. The average molecular weight is 249 g/mol. The second kappa shape index (κ2) is 7.13. The van der Waals surface area contributed by atoms with Gasteiger partial charge in [-0.1, -0.05) is 27.2 Å². The Balaban J connectivity index is 0.00000225. The maximum atomic E-state index is 11.6. The van der Waals surface area contributed by atoms with E-state index in [0.717, 1.165) is 26.1 Å². The summed E-state index contributed by atoms with van der Waals surface area (Å²) in [6, 6.07) is 0. The summed E-state index contributed by atoms with van der Waals surface area (Å²) in [6.45, 7) is 9.41. The van der Waals surface area contributed by atoms with Gasteiger partial charge in [0.15, 0.2) is 0 Å². The molecule has 0 aromatic rings. The van der Waals surface area contributed by atoms with Crippen molar-refractivity contribution in [3.05, 3.63) is 0 Å². The lowest BCUT2D eigenvalue weighted by molar-refractivity contribution is -0.123. The van der Waals surface area contributed by atoms with Gasteiger partial charge in [-0.05, 0) is 30.8 Å². The molecule has 0 saturated carbocycles.